The van der Waals surface area contributed by atoms with Crippen LogP contribution < -0.4 is 10.5 Å². The minimum atomic E-state index is -1.30. The number of aromatic carboxylic acids is 1. The fraction of sp³-hybridized carbons (Fsp3) is 0.100. The van der Waals surface area contributed by atoms with Crippen LogP contribution in [0.5, 0.6) is 0 Å². The second kappa shape index (κ2) is 8.84. The maximum Gasteiger partial charge on any atom is 0.101 e. The maximum atomic E-state index is 11.0. The summed E-state index contributed by atoms with van der Waals surface area (Å²) in [6.07, 6.45) is 3.71. The van der Waals surface area contributed by atoms with Gasteiger partial charge in [0.2, 0.25) is 0 Å². The summed E-state index contributed by atoms with van der Waals surface area (Å²) in [4.78, 5) is 11.0. The zero-order valence-electron chi connectivity index (χ0n) is 14.7. The lowest BCUT2D eigenvalue weighted by atomic mass is 10.1. The molecule has 0 aliphatic carbocycles. The monoisotopic (exact) mass is 392 g/mol. The van der Waals surface area contributed by atoms with E-state index in [1.807, 2.05) is 30.3 Å². The molecule has 0 radical (unpaired) electrons. The Kier molecular flexibility index (Phi) is 6.04. The van der Waals surface area contributed by atoms with Gasteiger partial charge in [-0.05, 0) is 17.7 Å². The Hall–Kier alpha value is -3.63. The summed E-state index contributed by atoms with van der Waals surface area (Å²) >= 11 is 6.07. The van der Waals surface area contributed by atoms with E-state index in [0.717, 1.165) is 16.8 Å². The molecule has 0 saturated carbocycles. The number of nitrogens with zero attached hydrogens (tertiary/aromatic N) is 4. The number of carbonyl (C=O) groups excluding carboxylic acids is 1. The molecule has 0 unspecified atom stereocenters. The van der Waals surface area contributed by atoms with Crippen molar-refractivity contribution in [2.24, 2.45) is 5.10 Å². The van der Waals surface area contributed by atoms with E-state index >= 15 is 0 Å². The number of anilines is 1. The van der Waals surface area contributed by atoms with Gasteiger partial charge in [0.05, 0.1) is 41.9 Å². The number of carboxylic acids is 1. The van der Waals surface area contributed by atoms with Gasteiger partial charge < -0.3 is 9.90 Å². The average Bonchev–Trinajstić information content (AvgIpc) is 3.11. The average molecular weight is 393 g/mol. The Morgan fingerprint density at radius 3 is 2.82 bits per heavy atom. The molecule has 7 nitrogen and oxygen atoms in total. The van der Waals surface area contributed by atoms with Gasteiger partial charge in [-0.2, -0.15) is 15.5 Å². The van der Waals surface area contributed by atoms with Gasteiger partial charge >= 0.3 is 0 Å². The van der Waals surface area contributed by atoms with E-state index in [1.165, 1.54) is 18.2 Å². The summed E-state index contributed by atoms with van der Waals surface area (Å²) in [7, 11) is 0. The minimum absolute atomic E-state index is 0.00334. The SMILES string of the molecule is N#CCCn1cc(/C=N\Nc2cc(C(=O)[O-])ccc2Cl)c(-c2ccccc2)n1. The molecule has 0 fully saturated rings. The summed E-state index contributed by atoms with van der Waals surface area (Å²) in [6, 6.07) is 15.9. The van der Waals surface area contributed by atoms with Crippen LogP contribution in [0.15, 0.2) is 59.8 Å². The summed E-state index contributed by atoms with van der Waals surface area (Å²) in [6.45, 7) is 0.469. The first-order valence-corrected chi connectivity index (χ1v) is 8.76. The number of aromatic nitrogens is 2. The number of hydrogen-bond donors (Lipinski definition) is 1. The van der Waals surface area contributed by atoms with Crippen molar-refractivity contribution >= 4 is 29.5 Å². The number of benzene rings is 2. The van der Waals surface area contributed by atoms with Gasteiger partial charge in [0, 0.05) is 17.3 Å². The van der Waals surface area contributed by atoms with Crippen molar-refractivity contribution in [2.75, 3.05) is 5.43 Å². The predicted octanol–water partition coefficient (Wildman–Crippen LogP) is 2.93. The number of rotatable bonds is 7. The highest BCUT2D eigenvalue weighted by atomic mass is 35.5. The molecular formula is C20H15ClN5O2-. The van der Waals surface area contributed by atoms with Crippen molar-refractivity contribution in [3.63, 3.8) is 0 Å². The largest absolute Gasteiger partial charge is 0.545 e. The van der Waals surface area contributed by atoms with Crippen LogP contribution in [-0.4, -0.2) is 22.0 Å². The quantitative estimate of drug-likeness (QED) is 0.491. The van der Waals surface area contributed by atoms with E-state index in [1.54, 1.807) is 17.1 Å². The Balaban J connectivity index is 1.87. The predicted molar refractivity (Wildman–Crippen MR) is 105 cm³/mol. The number of halogens is 1. The smallest absolute Gasteiger partial charge is 0.101 e. The lowest BCUT2D eigenvalue weighted by Crippen LogP contribution is -2.22. The van der Waals surface area contributed by atoms with Crippen LogP contribution in [0.25, 0.3) is 11.3 Å². The van der Waals surface area contributed by atoms with Gasteiger partial charge in [-0.1, -0.05) is 48.0 Å². The standard InChI is InChI=1S/C20H16ClN5O2/c21-17-8-7-15(20(27)28)11-18(17)24-23-12-16-13-26(10-4-9-22)25-19(16)14-5-2-1-3-6-14/h1-3,5-8,11-13,24H,4,10H2,(H,27,28)/p-1/b23-12-. The summed E-state index contributed by atoms with van der Waals surface area (Å²) in [5, 5.41) is 28.8. The molecule has 0 spiro atoms. The molecule has 0 atom stereocenters. The molecule has 0 aliphatic rings. The highest BCUT2D eigenvalue weighted by molar-refractivity contribution is 6.33. The van der Waals surface area contributed by atoms with Crippen molar-refractivity contribution in [2.45, 2.75) is 13.0 Å². The lowest BCUT2D eigenvalue weighted by Gasteiger charge is -2.07. The third kappa shape index (κ3) is 4.55. The molecular weight excluding hydrogens is 378 g/mol. The van der Waals surface area contributed by atoms with Crippen molar-refractivity contribution < 1.29 is 9.90 Å². The molecule has 0 aliphatic heterocycles. The molecule has 0 bridgehead atoms. The van der Waals surface area contributed by atoms with Crippen LogP contribution >= 0.6 is 11.6 Å². The highest BCUT2D eigenvalue weighted by Crippen LogP contribution is 2.24. The molecule has 8 heteroatoms. The van der Waals surface area contributed by atoms with E-state index in [0.29, 0.717) is 23.7 Å². The molecule has 0 saturated heterocycles. The number of carboxylic acid groups (broad SMARTS) is 1. The van der Waals surface area contributed by atoms with Crippen LogP contribution in [0.1, 0.15) is 22.3 Å². The van der Waals surface area contributed by atoms with E-state index in [2.05, 4.69) is 21.7 Å². The highest BCUT2D eigenvalue weighted by Gasteiger charge is 2.10. The number of hydrogen-bond acceptors (Lipinski definition) is 6. The maximum absolute atomic E-state index is 11.0. The molecule has 3 rings (SSSR count). The first-order chi connectivity index (χ1) is 13.6. The Morgan fingerprint density at radius 1 is 1.32 bits per heavy atom. The molecule has 1 heterocycles. The van der Waals surface area contributed by atoms with Crippen LogP contribution in [0.2, 0.25) is 5.02 Å². The molecule has 0 amide bonds. The topological polar surface area (TPSA) is 106 Å². The third-order valence-corrected chi connectivity index (χ3v) is 4.21. The molecule has 2 aromatic carbocycles. The number of nitriles is 1. The van der Waals surface area contributed by atoms with Gasteiger partial charge in [0.25, 0.3) is 0 Å². The van der Waals surface area contributed by atoms with Crippen molar-refractivity contribution in [3.05, 3.63) is 70.9 Å². The summed E-state index contributed by atoms with van der Waals surface area (Å²) in [5.74, 6) is -1.30. The van der Waals surface area contributed by atoms with Crippen LogP contribution in [0.3, 0.4) is 0 Å². The Bertz CT molecular complexity index is 1050. The second-order valence-electron chi connectivity index (χ2n) is 5.82. The molecule has 1 N–H and O–H groups in total. The third-order valence-electron chi connectivity index (χ3n) is 3.88. The van der Waals surface area contributed by atoms with Gasteiger partial charge in [-0.25, -0.2) is 0 Å². The van der Waals surface area contributed by atoms with E-state index in [-0.39, 0.29) is 5.56 Å². The fourth-order valence-electron chi connectivity index (χ4n) is 2.54. The minimum Gasteiger partial charge on any atom is -0.545 e. The Morgan fingerprint density at radius 2 is 2.11 bits per heavy atom. The molecule has 3 aromatic rings. The van der Waals surface area contributed by atoms with Crippen molar-refractivity contribution in [1.82, 2.24) is 9.78 Å². The van der Waals surface area contributed by atoms with Gasteiger partial charge in [0.15, 0.2) is 0 Å². The summed E-state index contributed by atoms with van der Waals surface area (Å²) < 4.78 is 1.69. The van der Waals surface area contributed by atoms with Gasteiger partial charge in [-0.3, -0.25) is 10.1 Å². The first-order valence-electron chi connectivity index (χ1n) is 8.38. The van der Waals surface area contributed by atoms with Crippen molar-refractivity contribution in [1.29, 1.82) is 5.26 Å². The lowest BCUT2D eigenvalue weighted by molar-refractivity contribution is -0.255. The van der Waals surface area contributed by atoms with Crippen LogP contribution in [0, 0.1) is 11.3 Å². The Labute approximate surface area is 166 Å². The van der Waals surface area contributed by atoms with Crippen LogP contribution in [0.4, 0.5) is 5.69 Å². The molecule has 140 valence electrons. The zero-order valence-corrected chi connectivity index (χ0v) is 15.4. The van der Waals surface area contributed by atoms with Gasteiger partial charge in [0.1, 0.15) is 5.69 Å². The molecule has 1 aromatic heterocycles. The van der Waals surface area contributed by atoms with Gasteiger partial charge in [-0.15, -0.1) is 0 Å². The second-order valence-corrected chi connectivity index (χ2v) is 6.23. The van der Waals surface area contributed by atoms with E-state index in [4.69, 9.17) is 16.9 Å². The number of nitrogens with one attached hydrogen (secondary N) is 1. The number of aryl methyl sites for hydroxylation is 1. The normalized spacial score (nSPS) is 10.7. The summed E-state index contributed by atoms with van der Waals surface area (Å²) in [5.41, 5.74) is 5.46. The zero-order chi connectivity index (χ0) is 19.9. The first kappa shape index (κ1) is 19.1. The van der Waals surface area contributed by atoms with Crippen LogP contribution in [-0.2, 0) is 6.54 Å². The van der Waals surface area contributed by atoms with Crippen molar-refractivity contribution in [3.8, 4) is 17.3 Å². The fourth-order valence-corrected chi connectivity index (χ4v) is 2.70. The molecule has 28 heavy (non-hydrogen) atoms. The van der Waals surface area contributed by atoms with E-state index < -0.39 is 5.97 Å². The number of carbonyl (C=O) groups is 1. The van der Waals surface area contributed by atoms with E-state index in [9.17, 15) is 9.90 Å². The number of hydrazone groups is 1.